The molecule has 2 bridgehead atoms. The quantitative estimate of drug-likeness (QED) is 0.690. The molecule has 0 aromatic carbocycles. The van der Waals surface area contributed by atoms with E-state index in [4.69, 9.17) is 4.74 Å². The molecule has 1 spiro atoms. The number of hydrogen-bond donors (Lipinski definition) is 0. The molecule has 0 saturated carbocycles. The highest BCUT2D eigenvalue weighted by molar-refractivity contribution is 5.93. The summed E-state index contributed by atoms with van der Waals surface area (Å²) in [5.41, 5.74) is -0.630. The lowest BCUT2D eigenvalue weighted by molar-refractivity contribution is -0.143. The normalized spacial score (nSPS) is 32.8. The number of aromatic nitrogens is 2. The Hall–Kier alpha value is -2.48. The number of amides is 2. The van der Waals surface area contributed by atoms with Crippen molar-refractivity contribution in [3.8, 4) is 0 Å². The van der Waals surface area contributed by atoms with Crippen LogP contribution in [-0.4, -0.2) is 82.6 Å². The van der Waals surface area contributed by atoms with Crippen LogP contribution in [0, 0.1) is 17.3 Å². The van der Waals surface area contributed by atoms with Gasteiger partial charge in [-0.15, -0.1) is 0 Å². The SMILES string of the molecule is CC(C)(C)CN1C[C@]23C=C[C@H](O2)C(C(=O)N2CCN(c4ncccn4)CC2)C3C1=O. The van der Waals surface area contributed by atoms with Gasteiger partial charge >= 0.3 is 0 Å². The lowest BCUT2D eigenvalue weighted by Crippen LogP contribution is -2.53. The average Bonchev–Trinajstić information content (AvgIpc) is 3.35. The average molecular weight is 412 g/mol. The topological polar surface area (TPSA) is 78.9 Å². The van der Waals surface area contributed by atoms with Crippen LogP contribution < -0.4 is 4.90 Å². The lowest BCUT2D eigenvalue weighted by atomic mass is 9.76. The molecule has 4 aliphatic heterocycles. The molecule has 0 radical (unpaired) electrons. The van der Waals surface area contributed by atoms with Gasteiger partial charge in [-0.2, -0.15) is 0 Å². The molecular weight excluding hydrogens is 382 g/mol. The molecule has 4 atom stereocenters. The number of nitrogens with zero attached hydrogens (tertiary/aromatic N) is 5. The van der Waals surface area contributed by atoms with Gasteiger partial charge in [0, 0.05) is 45.1 Å². The Kier molecular flexibility index (Phi) is 4.39. The van der Waals surface area contributed by atoms with Gasteiger partial charge in [-0.1, -0.05) is 32.9 Å². The van der Waals surface area contributed by atoms with E-state index < -0.39 is 17.4 Å². The molecule has 3 saturated heterocycles. The zero-order chi connectivity index (χ0) is 21.1. The minimum Gasteiger partial charge on any atom is -0.360 e. The number of ether oxygens (including phenoxy) is 1. The van der Waals surface area contributed by atoms with Gasteiger partial charge in [0.15, 0.2) is 0 Å². The van der Waals surface area contributed by atoms with Gasteiger partial charge in [0.25, 0.3) is 0 Å². The molecule has 5 rings (SSSR count). The van der Waals surface area contributed by atoms with Crippen molar-refractivity contribution < 1.29 is 14.3 Å². The van der Waals surface area contributed by atoms with E-state index in [1.165, 1.54) is 0 Å². The molecule has 2 amide bonds. The standard InChI is InChI=1S/C22H29N5O3/c1-21(2,3)13-27-14-22-6-5-15(30-22)16(17(22)19(27)29)18(28)25-9-11-26(12-10-25)20-23-7-4-8-24-20/h4-8,15-17H,9-14H2,1-3H3/t15-,16?,17?,22-/m0/s1. The van der Waals surface area contributed by atoms with Crippen molar-refractivity contribution in [1.82, 2.24) is 19.8 Å². The molecule has 4 aliphatic rings. The Morgan fingerprint density at radius 1 is 1.20 bits per heavy atom. The third-order valence-corrected chi connectivity index (χ3v) is 6.56. The van der Waals surface area contributed by atoms with E-state index >= 15 is 0 Å². The number of rotatable bonds is 3. The number of carbonyl (C=O) groups excluding carboxylic acids is 2. The van der Waals surface area contributed by atoms with Crippen molar-refractivity contribution in [2.75, 3.05) is 44.2 Å². The molecule has 0 N–H and O–H groups in total. The first kappa shape index (κ1) is 19.5. The zero-order valence-corrected chi connectivity index (χ0v) is 17.8. The number of hydrogen-bond acceptors (Lipinski definition) is 6. The molecule has 2 unspecified atom stereocenters. The van der Waals surface area contributed by atoms with E-state index in [0.29, 0.717) is 45.2 Å². The fourth-order valence-corrected chi connectivity index (χ4v) is 5.36. The van der Waals surface area contributed by atoms with Crippen LogP contribution in [0.25, 0.3) is 0 Å². The second kappa shape index (κ2) is 6.77. The summed E-state index contributed by atoms with van der Waals surface area (Å²) in [7, 11) is 0. The van der Waals surface area contributed by atoms with Crippen LogP contribution >= 0.6 is 0 Å². The van der Waals surface area contributed by atoms with Gasteiger partial charge in [-0.3, -0.25) is 9.59 Å². The minimum absolute atomic E-state index is 0.00198. The largest absolute Gasteiger partial charge is 0.360 e. The van der Waals surface area contributed by atoms with Crippen LogP contribution in [0.3, 0.4) is 0 Å². The van der Waals surface area contributed by atoms with Crippen molar-refractivity contribution in [1.29, 1.82) is 0 Å². The molecule has 5 heterocycles. The van der Waals surface area contributed by atoms with Crippen LogP contribution in [0.15, 0.2) is 30.6 Å². The maximum absolute atomic E-state index is 13.5. The molecule has 8 nitrogen and oxygen atoms in total. The third-order valence-electron chi connectivity index (χ3n) is 6.56. The van der Waals surface area contributed by atoms with E-state index in [-0.39, 0.29) is 23.3 Å². The van der Waals surface area contributed by atoms with Gasteiger partial charge in [-0.25, -0.2) is 9.97 Å². The number of carbonyl (C=O) groups is 2. The highest BCUT2D eigenvalue weighted by Gasteiger charge is 2.67. The van der Waals surface area contributed by atoms with E-state index in [9.17, 15) is 9.59 Å². The predicted molar refractivity (Wildman–Crippen MR) is 111 cm³/mol. The van der Waals surface area contributed by atoms with Crippen molar-refractivity contribution >= 4 is 17.8 Å². The summed E-state index contributed by atoms with van der Waals surface area (Å²) in [5, 5.41) is 0. The summed E-state index contributed by atoms with van der Waals surface area (Å²) in [4.78, 5) is 41.3. The molecule has 8 heteroatoms. The Labute approximate surface area is 176 Å². The van der Waals surface area contributed by atoms with E-state index in [1.807, 2.05) is 22.0 Å². The maximum atomic E-state index is 13.5. The van der Waals surface area contributed by atoms with Crippen LogP contribution in [0.5, 0.6) is 0 Å². The number of fused-ring (bicyclic) bond motifs is 1. The number of likely N-dealkylation sites (tertiary alicyclic amines) is 1. The van der Waals surface area contributed by atoms with Crippen LogP contribution in [0.4, 0.5) is 5.95 Å². The first-order valence-corrected chi connectivity index (χ1v) is 10.7. The van der Waals surface area contributed by atoms with E-state index in [1.54, 1.807) is 18.5 Å². The summed E-state index contributed by atoms with van der Waals surface area (Å²) in [6.07, 6.45) is 7.18. The van der Waals surface area contributed by atoms with Crippen molar-refractivity contribution in [2.24, 2.45) is 17.3 Å². The van der Waals surface area contributed by atoms with Crippen LogP contribution in [0.1, 0.15) is 20.8 Å². The summed E-state index contributed by atoms with van der Waals surface area (Å²) in [6.45, 7) is 10.2. The Balaban J connectivity index is 1.30. The number of anilines is 1. The maximum Gasteiger partial charge on any atom is 0.230 e. The summed E-state index contributed by atoms with van der Waals surface area (Å²) in [6, 6.07) is 1.79. The first-order chi connectivity index (χ1) is 14.3. The van der Waals surface area contributed by atoms with Gasteiger partial charge < -0.3 is 19.4 Å². The van der Waals surface area contributed by atoms with E-state index in [0.717, 1.165) is 0 Å². The van der Waals surface area contributed by atoms with Crippen LogP contribution in [0.2, 0.25) is 0 Å². The van der Waals surface area contributed by atoms with Gasteiger partial charge in [0.05, 0.1) is 24.5 Å². The predicted octanol–water partition coefficient (Wildman–Crippen LogP) is 0.953. The molecular formula is C22H29N5O3. The lowest BCUT2D eigenvalue weighted by Gasteiger charge is -2.37. The molecule has 3 fully saturated rings. The Morgan fingerprint density at radius 3 is 2.57 bits per heavy atom. The fraction of sp³-hybridized carbons (Fsp3) is 0.636. The second-order valence-electron chi connectivity index (χ2n) is 10.0. The fourth-order valence-electron chi connectivity index (χ4n) is 5.36. The summed E-state index contributed by atoms with van der Waals surface area (Å²) < 4.78 is 6.26. The van der Waals surface area contributed by atoms with Gasteiger partial charge in [-0.05, 0) is 11.5 Å². The zero-order valence-electron chi connectivity index (χ0n) is 17.8. The minimum atomic E-state index is -0.632. The highest BCUT2D eigenvalue weighted by atomic mass is 16.5. The molecule has 160 valence electrons. The first-order valence-electron chi connectivity index (χ1n) is 10.7. The van der Waals surface area contributed by atoms with Crippen molar-refractivity contribution in [2.45, 2.75) is 32.5 Å². The molecule has 30 heavy (non-hydrogen) atoms. The van der Waals surface area contributed by atoms with E-state index in [2.05, 4.69) is 35.6 Å². The second-order valence-corrected chi connectivity index (χ2v) is 10.0. The Morgan fingerprint density at radius 2 is 1.90 bits per heavy atom. The van der Waals surface area contributed by atoms with Crippen molar-refractivity contribution in [3.05, 3.63) is 30.6 Å². The molecule has 1 aromatic heterocycles. The summed E-state index contributed by atoms with van der Waals surface area (Å²) >= 11 is 0. The molecule has 0 aliphatic carbocycles. The van der Waals surface area contributed by atoms with Gasteiger partial charge in [0.2, 0.25) is 17.8 Å². The smallest absolute Gasteiger partial charge is 0.230 e. The summed E-state index contributed by atoms with van der Waals surface area (Å²) in [5.74, 6) is -0.0365. The molecule has 1 aromatic rings. The van der Waals surface area contributed by atoms with Crippen LogP contribution in [-0.2, 0) is 14.3 Å². The Bertz CT molecular complexity index is 875. The monoisotopic (exact) mass is 411 g/mol. The number of piperazine rings is 1. The van der Waals surface area contributed by atoms with Gasteiger partial charge in [0.1, 0.15) is 5.60 Å². The van der Waals surface area contributed by atoms with Crippen molar-refractivity contribution in [3.63, 3.8) is 0 Å². The third kappa shape index (κ3) is 3.09. The highest BCUT2D eigenvalue weighted by Crippen LogP contribution is 2.52.